The molecule has 0 aliphatic rings. The Morgan fingerprint density at radius 2 is 1.48 bits per heavy atom. The summed E-state index contributed by atoms with van der Waals surface area (Å²) in [5.74, 6) is -1.95. The molecule has 0 bridgehead atoms. The summed E-state index contributed by atoms with van der Waals surface area (Å²) in [6.45, 7) is 15.5. The number of benzene rings is 3. The summed E-state index contributed by atoms with van der Waals surface area (Å²) in [7, 11) is 0. The Balaban J connectivity index is 1.65. The number of hydrazine groups is 1. The van der Waals surface area contributed by atoms with Crippen LogP contribution in [0.5, 0.6) is 0 Å². The fourth-order valence-corrected chi connectivity index (χ4v) is 6.44. The van der Waals surface area contributed by atoms with Gasteiger partial charge in [0, 0.05) is 35.9 Å². The van der Waals surface area contributed by atoms with Crippen LogP contribution >= 0.6 is 0 Å². The van der Waals surface area contributed by atoms with Crippen molar-refractivity contribution in [3.8, 4) is 0 Å². The van der Waals surface area contributed by atoms with Crippen LogP contribution in [0.3, 0.4) is 0 Å². The number of esters is 1. The number of carbonyl (C=O) groups excluding carboxylic acids is 4. The lowest BCUT2D eigenvalue weighted by atomic mass is 9.92. The zero-order chi connectivity index (χ0) is 42.9. The Bertz CT molecular complexity index is 2090. The number of aryl methyl sites for hydroxylation is 2. The summed E-state index contributed by atoms with van der Waals surface area (Å²) in [5.41, 5.74) is 8.28. The van der Waals surface area contributed by atoms with Crippen molar-refractivity contribution in [2.45, 2.75) is 111 Å². The zero-order valence-electron chi connectivity index (χ0n) is 34.8. The number of carbonyl (C=O) groups is 5. The molecule has 1 heterocycles. The number of amides is 3. The highest BCUT2D eigenvalue weighted by Crippen LogP contribution is 2.35. The first-order valence-corrected chi connectivity index (χ1v) is 19.2. The van der Waals surface area contributed by atoms with Gasteiger partial charge in [0.2, 0.25) is 5.91 Å². The summed E-state index contributed by atoms with van der Waals surface area (Å²) in [6, 6.07) is 15.0. The summed E-state index contributed by atoms with van der Waals surface area (Å²) in [6.07, 6.45) is 2.19. The van der Waals surface area contributed by atoms with Crippen molar-refractivity contribution in [3.05, 3.63) is 101 Å². The maximum atomic E-state index is 14.0. The third kappa shape index (κ3) is 12.2. The molecule has 0 saturated carbocycles. The summed E-state index contributed by atoms with van der Waals surface area (Å²) < 4.78 is 16.4. The molecule has 14 heteroatoms. The van der Waals surface area contributed by atoms with E-state index in [1.807, 2.05) is 13.8 Å². The topological polar surface area (TPSA) is 191 Å². The number of hydrogen-bond donors (Lipinski definition) is 3. The minimum Gasteiger partial charge on any atom is -0.479 e. The highest BCUT2D eigenvalue weighted by atomic mass is 16.6. The van der Waals surface area contributed by atoms with E-state index < -0.39 is 47.4 Å². The fraction of sp³-hybridized carbons (Fsp3) is 0.409. The van der Waals surface area contributed by atoms with E-state index >= 15 is 0 Å². The molecule has 1 aromatic heterocycles. The third-order valence-electron chi connectivity index (χ3n) is 8.87. The number of hydrogen-bond acceptors (Lipinski definition) is 11. The van der Waals surface area contributed by atoms with Gasteiger partial charge in [0.05, 0.1) is 18.7 Å². The molecule has 0 radical (unpaired) electrons. The average molecular weight is 798 g/mol. The van der Waals surface area contributed by atoms with E-state index in [1.54, 1.807) is 122 Å². The van der Waals surface area contributed by atoms with Gasteiger partial charge >= 0.3 is 24.1 Å². The number of nitrogens with one attached hydrogen (secondary N) is 1. The lowest BCUT2D eigenvalue weighted by molar-refractivity contribution is -0.143. The Kier molecular flexibility index (Phi) is 14.6. The van der Waals surface area contributed by atoms with Crippen molar-refractivity contribution >= 4 is 52.2 Å². The van der Waals surface area contributed by atoms with Crippen molar-refractivity contribution < 1.29 is 43.3 Å². The molecule has 4 rings (SSSR count). The highest BCUT2D eigenvalue weighted by molar-refractivity contribution is 5.94. The Morgan fingerprint density at radius 1 is 0.845 bits per heavy atom. The number of anilines is 2. The number of nitrogens with zero attached hydrogens (tertiary/aromatic N) is 3. The first kappa shape index (κ1) is 44.7. The number of imide groups is 1. The lowest BCUT2D eigenvalue weighted by Crippen LogP contribution is -2.56. The van der Waals surface area contributed by atoms with Gasteiger partial charge in [-0.2, -0.15) is 0 Å². The number of carboxylic acid groups (broad SMARTS) is 1. The van der Waals surface area contributed by atoms with Crippen molar-refractivity contribution in [2.75, 3.05) is 16.9 Å². The molecule has 4 N–H and O–H groups in total. The molecule has 4 aromatic rings. The number of pyridine rings is 1. The standard InChI is InChI=1S/C44H55N5O9/c1-10-56-38(51)25-36(45)30-13-11-14-33(23-30)47-37(50)16-12-15-35-27(2)21-32(22-28(35)3)39(40(52)53)48(34-18-17-31-26-46-20-19-29(31)24-34)49(41(54)57-43(4,5)6)42(55)58-44(7,8)9/h11,13-14,17-24,26,36,39H,10,12,15-16,25,45H2,1-9H3,(H,47,50)(H,52,53)/t36-,39-/m1/s1. The quantitative estimate of drug-likeness (QED) is 0.0627. The molecule has 14 nitrogen and oxygen atoms in total. The Hall–Kier alpha value is -6.02. The molecule has 3 amide bonds. The number of fused-ring (bicyclic) bond motifs is 1. The van der Waals surface area contributed by atoms with Crippen LogP contribution in [0.1, 0.15) is 108 Å². The van der Waals surface area contributed by atoms with Crippen LogP contribution in [0.4, 0.5) is 21.0 Å². The van der Waals surface area contributed by atoms with Crippen LogP contribution in [0.2, 0.25) is 0 Å². The summed E-state index contributed by atoms with van der Waals surface area (Å²) in [5, 5.41) is 17.0. The van der Waals surface area contributed by atoms with E-state index in [4.69, 9.17) is 19.9 Å². The monoisotopic (exact) mass is 797 g/mol. The number of ether oxygens (including phenoxy) is 3. The Morgan fingerprint density at radius 3 is 2.07 bits per heavy atom. The molecular weight excluding hydrogens is 743 g/mol. The van der Waals surface area contributed by atoms with Crippen LogP contribution < -0.4 is 16.1 Å². The van der Waals surface area contributed by atoms with Crippen LogP contribution in [0.25, 0.3) is 10.8 Å². The number of aliphatic carboxylic acids is 1. The van der Waals surface area contributed by atoms with Crippen LogP contribution in [0.15, 0.2) is 73.1 Å². The number of aromatic nitrogens is 1. The third-order valence-corrected chi connectivity index (χ3v) is 8.87. The van der Waals surface area contributed by atoms with Gasteiger partial charge in [0.25, 0.3) is 0 Å². The number of carboxylic acids is 1. The van der Waals surface area contributed by atoms with E-state index in [-0.39, 0.29) is 36.6 Å². The average Bonchev–Trinajstić information content (AvgIpc) is 3.10. The first-order valence-electron chi connectivity index (χ1n) is 19.2. The smallest absolute Gasteiger partial charge is 0.439 e. The van der Waals surface area contributed by atoms with Gasteiger partial charge in [-0.15, -0.1) is 5.01 Å². The molecule has 0 unspecified atom stereocenters. The molecular formula is C44H55N5O9. The summed E-state index contributed by atoms with van der Waals surface area (Å²) in [4.78, 5) is 70.6. The summed E-state index contributed by atoms with van der Waals surface area (Å²) >= 11 is 0. The van der Waals surface area contributed by atoms with Gasteiger partial charge in [-0.25, -0.2) is 14.4 Å². The molecule has 58 heavy (non-hydrogen) atoms. The lowest BCUT2D eigenvalue weighted by Gasteiger charge is -2.39. The van der Waals surface area contributed by atoms with Gasteiger partial charge in [-0.05, 0) is 139 Å². The maximum Gasteiger partial charge on any atom is 0.439 e. The predicted octanol–water partition coefficient (Wildman–Crippen LogP) is 8.49. The van der Waals surface area contributed by atoms with Gasteiger partial charge in [0.15, 0.2) is 6.04 Å². The van der Waals surface area contributed by atoms with Gasteiger partial charge in [0.1, 0.15) is 11.2 Å². The molecule has 3 aromatic carbocycles. The molecule has 0 saturated heterocycles. The molecule has 310 valence electrons. The maximum absolute atomic E-state index is 14.0. The second-order valence-corrected chi connectivity index (χ2v) is 16.0. The minimum absolute atomic E-state index is 0.0149. The molecule has 2 atom stereocenters. The van der Waals surface area contributed by atoms with Gasteiger partial charge < -0.3 is 30.4 Å². The first-order chi connectivity index (χ1) is 27.2. The molecule has 0 aliphatic heterocycles. The molecule has 0 spiro atoms. The van der Waals surface area contributed by atoms with Crippen LogP contribution in [0, 0.1) is 13.8 Å². The molecule has 0 fully saturated rings. The number of nitrogens with two attached hydrogens (primary N) is 1. The van der Waals surface area contributed by atoms with Crippen molar-refractivity contribution in [1.29, 1.82) is 0 Å². The highest BCUT2D eigenvalue weighted by Gasteiger charge is 2.43. The predicted molar refractivity (Wildman–Crippen MR) is 221 cm³/mol. The fourth-order valence-electron chi connectivity index (χ4n) is 6.44. The van der Waals surface area contributed by atoms with E-state index in [2.05, 4.69) is 10.3 Å². The Labute approximate surface area is 339 Å². The van der Waals surface area contributed by atoms with Crippen LogP contribution in [-0.4, -0.2) is 62.9 Å². The van der Waals surface area contributed by atoms with Crippen molar-refractivity contribution in [3.63, 3.8) is 0 Å². The van der Waals surface area contributed by atoms with Crippen LogP contribution in [-0.2, 0) is 35.0 Å². The normalized spacial score (nSPS) is 12.6. The van der Waals surface area contributed by atoms with Crippen molar-refractivity contribution in [1.82, 2.24) is 9.99 Å². The van der Waals surface area contributed by atoms with Crippen molar-refractivity contribution in [2.24, 2.45) is 5.73 Å². The van der Waals surface area contributed by atoms with E-state index in [0.29, 0.717) is 34.5 Å². The van der Waals surface area contributed by atoms with E-state index in [0.717, 1.165) is 27.1 Å². The second-order valence-electron chi connectivity index (χ2n) is 16.0. The number of rotatable bonds is 14. The molecule has 0 aliphatic carbocycles. The van der Waals surface area contributed by atoms with Gasteiger partial charge in [-0.3, -0.25) is 19.6 Å². The minimum atomic E-state index is -1.61. The second kappa shape index (κ2) is 18.9. The van der Waals surface area contributed by atoms with Gasteiger partial charge in [-0.1, -0.05) is 30.3 Å². The zero-order valence-corrected chi connectivity index (χ0v) is 34.8. The van der Waals surface area contributed by atoms with E-state index in [1.165, 1.54) is 0 Å². The SMILES string of the molecule is CCOC(=O)C[C@@H](N)c1cccc(NC(=O)CCCc2c(C)cc([C@H](C(=O)O)N(c3ccc4cnccc4c3)N(C(=O)OC(C)(C)C)C(=O)OC(C)(C)C)cc2C)c1. The largest absolute Gasteiger partial charge is 0.479 e. The van der Waals surface area contributed by atoms with E-state index in [9.17, 15) is 29.1 Å².